The van der Waals surface area contributed by atoms with Gasteiger partial charge in [0.2, 0.25) is 0 Å². The fourth-order valence-electron chi connectivity index (χ4n) is 2.73. The van der Waals surface area contributed by atoms with Gasteiger partial charge in [-0.25, -0.2) is 4.79 Å². The zero-order chi connectivity index (χ0) is 22.3. The van der Waals surface area contributed by atoms with Crippen molar-refractivity contribution < 1.29 is 23.8 Å². The Kier molecular flexibility index (Phi) is 8.03. The molecule has 8 heteroatoms. The molecule has 1 atom stereocenters. The molecule has 1 amide bonds. The Morgan fingerprint density at radius 3 is 2.60 bits per heavy atom. The number of aryl methyl sites for hydroxylation is 2. The number of hydrogen-bond acceptors (Lipinski definition) is 6. The predicted octanol–water partition coefficient (Wildman–Crippen LogP) is 3.42. The summed E-state index contributed by atoms with van der Waals surface area (Å²) in [5.41, 5.74) is 2.88. The molecular formula is C22H29N3O5. The van der Waals surface area contributed by atoms with Gasteiger partial charge >= 0.3 is 5.97 Å². The molecule has 30 heavy (non-hydrogen) atoms. The van der Waals surface area contributed by atoms with Gasteiger partial charge < -0.3 is 19.5 Å². The Balaban J connectivity index is 1.97. The second-order valence-corrected chi connectivity index (χ2v) is 6.83. The maximum Gasteiger partial charge on any atom is 0.331 e. The smallest absolute Gasteiger partial charge is 0.331 e. The molecule has 1 aromatic heterocycles. The van der Waals surface area contributed by atoms with Crippen molar-refractivity contribution in [3.8, 4) is 11.5 Å². The van der Waals surface area contributed by atoms with E-state index in [-0.39, 0.29) is 0 Å². The molecular weight excluding hydrogens is 386 g/mol. The number of esters is 1. The van der Waals surface area contributed by atoms with Crippen LogP contribution in [0.1, 0.15) is 37.2 Å². The number of rotatable bonds is 9. The minimum absolute atomic E-state index is 0.421. The molecule has 0 saturated carbocycles. The number of amides is 1. The third kappa shape index (κ3) is 5.85. The van der Waals surface area contributed by atoms with Crippen LogP contribution in [0.15, 0.2) is 24.3 Å². The van der Waals surface area contributed by atoms with Crippen molar-refractivity contribution in [3.63, 3.8) is 0 Å². The Bertz CT molecular complexity index is 933. The first-order valence-corrected chi connectivity index (χ1v) is 9.77. The quantitative estimate of drug-likeness (QED) is 0.498. The molecule has 2 rings (SSSR count). The van der Waals surface area contributed by atoms with E-state index in [9.17, 15) is 9.59 Å². The molecule has 0 bridgehead atoms. The number of benzene rings is 1. The van der Waals surface area contributed by atoms with Crippen LogP contribution >= 0.6 is 0 Å². The zero-order valence-electron chi connectivity index (χ0n) is 18.3. The van der Waals surface area contributed by atoms with Crippen LogP contribution in [0.5, 0.6) is 11.5 Å². The topological polar surface area (TPSA) is 91.7 Å². The Labute approximate surface area is 176 Å². The summed E-state index contributed by atoms with van der Waals surface area (Å²) in [7, 11) is 3.35. The van der Waals surface area contributed by atoms with Gasteiger partial charge in [-0.2, -0.15) is 5.10 Å². The summed E-state index contributed by atoms with van der Waals surface area (Å²) >= 11 is 0. The molecule has 0 aliphatic rings. The second kappa shape index (κ2) is 10.5. The summed E-state index contributed by atoms with van der Waals surface area (Å²) in [6.07, 6.45) is 2.79. The second-order valence-electron chi connectivity index (χ2n) is 6.83. The number of nitrogens with zero attached hydrogens (tertiary/aromatic N) is 2. The van der Waals surface area contributed by atoms with Gasteiger partial charge in [0.25, 0.3) is 5.91 Å². The molecule has 1 heterocycles. The van der Waals surface area contributed by atoms with Crippen LogP contribution in [0.4, 0.5) is 5.69 Å². The van der Waals surface area contributed by atoms with Crippen LogP contribution < -0.4 is 14.8 Å². The van der Waals surface area contributed by atoms with E-state index in [0.29, 0.717) is 29.5 Å². The third-order valence-electron chi connectivity index (χ3n) is 4.48. The number of methoxy groups -OCH3 is 1. The summed E-state index contributed by atoms with van der Waals surface area (Å²) in [6, 6.07) is 5.36. The van der Waals surface area contributed by atoms with Gasteiger partial charge in [0.05, 0.1) is 30.8 Å². The summed E-state index contributed by atoms with van der Waals surface area (Å²) in [4.78, 5) is 24.5. The molecule has 0 fully saturated rings. The lowest BCUT2D eigenvalue weighted by molar-refractivity contribution is -0.148. The normalized spacial score (nSPS) is 11.9. The number of hydrogen-bond donors (Lipinski definition) is 1. The van der Waals surface area contributed by atoms with E-state index in [4.69, 9.17) is 14.2 Å². The highest BCUT2D eigenvalue weighted by Gasteiger charge is 2.20. The molecule has 162 valence electrons. The van der Waals surface area contributed by atoms with E-state index >= 15 is 0 Å². The van der Waals surface area contributed by atoms with Crippen LogP contribution in [-0.2, 0) is 21.4 Å². The molecule has 0 aliphatic carbocycles. The zero-order valence-corrected chi connectivity index (χ0v) is 18.3. The number of ether oxygens (including phenoxy) is 3. The minimum Gasteiger partial charge on any atom is -0.493 e. The molecule has 1 N–H and O–H groups in total. The third-order valence-corrected chi connectivity index (χ3v) is 4.48. The Morgan fingerprint density at radius 1 is 1.27 bits per heavy atom. The molecule has 0 spiro atoms. The fraction of sp³-hybridized carbons (Fsp3) is 0.409. The van der Waals surface area contributed by atoms with E-state index < -0.39 is 18.0 Å². The SMILES string of the molecule is CCCOc1ccc(/C=C/C(=O)O[C@H](C)C(=O)Nc2c(C)nn(C)c2C)cc1OC. The number of nitrogens with one attached hydrogen (secondary N) is 1. The van der Waals surface area contributed by atoms with E-state index in [2.05, 4.69) is 10.4 Å². The van der Waals surface area contributed by atoms with Gasteiger partial charge in [-0.05, 0) is 51.0 Å². The number of aromatic nitrogens is 2. The van der Waals surface area contributed by atoms with E-state index in [0.717, 1.165) is 17.7 Å². The largest absolute Gasteiger partial charge is 0.493 e. The van der Waals surface area contributed by atoms with Crippen LogP contribution in [0.2, 0.25) is 0 Å². The number of carbonyl (C=O) groups excluding carboxylic acids is 2. The van der Waals surface area contributed by atoms with Crippen LogP contribution in [0, 0.1) is 13.8 Å². The molecule has 2 aromatic rings. The van der Waals surface area contributed by atoms with E-state index in [1.165, 1.54) is 13.0 Å². The van der Waals surface area contributed by atoms with Crippen molar-refractivity contribution in [1.29, 1.82) is 0 Å². The first-order chi connectivity index (χ1) is 14.3. The molecule has 1 aromatic carbocycles. The van der Waals surface area contributed by atoms with Crippen molar-refractivity contribution in [2.75, 3.05) is 19.0 Å². The number of carbonyl (C=O) groups is 2. The molecule has 0 saturated heterocycles. The lowest BCUT2D eigenvalue weighted by Gasteiger charge is -2.13. The van der Waals surface area contributed by atoms with Gasteiger partial charge in [0.1, 0.15) is 0 Å². The minimum atomic E-state index is -0.958. The maximum atomic E-state index is 12.4. The van der Waals surface area contributed by atoms with Crippen LogP contribution in [0.3, 0.4) is 0 Å². The average Bonchev–Trinajstić information content (AvgIpc) is 2.96. The van der Waals surface area contributed by atoms with Gasteiger partial charge in [-0.3, -0.25) is 9.48 Å². The predicted molar refractivity (Wildman–Crippen MR) is 115 cm³/mol. The highest BCUT2D eigenvalue weighted by Crippen LogP contribution is 2.28. The Morgan fingerprint density at radius 2 is 2.00 bits per heavy atom. The lowest BCUT2D eigenvalue weighted by atomic mass is 10.2. The van der Waals surface area contributed by atoms with Crippen LogP contribution in [-0.4, -0.2) is 41.5 Å². The monoisotopic (exact) mass is 415 g/mol. The summed E-state index contributed by atoms with van der Waals surface area (Å²) in [5.74, 6) is 0.178. The van der Waals surface area contributed by atoms with E-state index in [1.807, 2.05) is 13.8 Å². The molecule has 0 radical (unpaired) electrons. The first kappa shape index (κ1) is 23.0. The van der Waals surface area contributed by atoms with Gasteiger partial charge in [-0.15, -0.1) is 0 Å². The fourth-order valence-corrected chi connectivity index (χ4v) is 2.73. The van der Waals surface area contributed by atoms with Crippen LogP contribution in [0.25, 0.3) is 6.08 Å². The maximum absolute atomic E-state index is 12.4. The Hall–Kier alpha value is -3.29. The highest BCUT2D eigenvalue weighted by molar-refractivity contribution is 5.97. The average molecular weight is 415 g/mol. The van der Waals surface area contributed by atoms with Crippen molar-refractivity contribution in [3.05, 3.63) is 41.2 Å². The van der Waals surface area contributed by atoms with Gasteiger partial charge in [0, 0.05) is 13.1 Å². The summed E-state index contributed by atoms with van der Waals surface area (Å²) in [6.45, 7) is 7.78. The molecule has 0 aliphatic heterocycles. The summed E-state index contributed by atoms with van der Waals surface area (Å²) < 4.78 is 17.8. The van der Waals surface area contributed by atoms with Crippen molar-refractivity contribution in [1.82, 2.24) is 9.78 Å². The van der Waals surface area contributed by atoms with Crippen molar-refractivity contribution in [2.45, 2.75) is 40.2 Å². The molecule has 8 nitrogen and oxygen atoms in total. The first-order valence-electron chi connectivity index (χ1n) is 9.77. The van der Waals surface area contributed by atoms with Crippen molar-refractivity contribution in [2.24, 2.45) is 7.05 Å². The van der Waals surface area contributed by atoms with Gasteiger partial charge in [0.15, 0.2) is 17.6 Å². The summed E-state index contributed by atoms with van der Waals surface area (Å²) in [5, 5.41) is 7.01. The lowest BCUT2D eigenvalue weighted by Crippen LogP contribution is -2.29. The highest BCUT2D eigenvalue weighted by atomic mass is 16.5. The van der Waals surface area contributed by atoms with Gasteiger partial charge in [-0.1, -0.05) is 13.0 Å². The van der Waals surface area contributed by atoms with Crippen molar-refractivity contribution >= 4 is 23.6 Å². The molecule has 0 unspecified atom stereocenters. The van der Waals surface area contributed by atoms with E-state index in [1.54, 1.807) is 50.0 Å². The number of anilines is 1. The standard InChI is InChI=1S/C22H29N3O5/c1-7-12-29-18-10-8-17(13-19(18)28-6)9-11-20(26)30-16(4)22(27)23-21-14(2)24-25(5)15(21)3/h8-11,13,16H,7,12H2,1-6H3,(H,23,27)/b11-9+/t16-/m1/s1.